The molecule has 0 radical (unpaired) electrons. The summed E-state index contributed by atoms with van der Waals surface area (Å²) in [6.45, 7) is 1.52. The third-order valence-corrected chi connectivity index (χ3v) is 4.95. The molecule has 2 aliphatic heterocycles. The minimum atomic E-state index is 0.104. The SMILES string of the molecule is O=C(C[C@@H]1CCOc2ccccc21)N1CCC[C@H]1c1ccco1. The van der Waals surface area contributed by atoms with Gasteiger partial charge in [0, 0.05) is 13.0 Å². The van der Waals surface area contributed by atoms with E-state index in [2.05, 4.69) is 6.07 Å². The van der Waals surface area contributed by atoms with Gasteiger partial charge in [-0.15, -0.1) is 0 Å². The van der Waals surface area contributed by atoms with Crippen LogP contribution in [0.3, 0.4) is 0 Å². The second-order valence-corrected chi connectivity index (χ2v) is 6.34. The van der Waals surface area contributed by atoms with Crippen LogP contribution in [0.15, 0.2) is 47.1 Å². The first kappa shape index (κ1) is 14.4. The molecule has 1 aromatic carbocycles. The van der Waals surface area contributed by atoms with Crippen molar-refractivity contribution in [2.45, 2.75) is 37.6 Å². The molecule has 2 atom stereocenters. The van der Waals surface area contributed by atoms with Crippen molar-refractivity contribution in [1.82, 2.24) is 4.90 Å². The molecule has 1 saturated heterocycles. The van der Waals surface area contributed by atoms with Gasteiger partial charge >= 0.3 is 0 Å². The number of carbonyl (C=O) groups is 1. The highest BCUT2D eigenvalue weighted by Crippen LogP contribution is 2.38. The summed E-state index contributed by atoms with van der Waals surface area (Å²) in [6.07, 6.45) is 5.18. The van der Waals surface area contributed by atoms with E-state index in [0.717, 1.165) is 37.3 Å². The zero-order valence-corrected chi connectivity index (χ0v) is 13.1. The van der Waals surface area contributed by atoms with Gasteiger partial charge in [0.2, 0.25) is 5.91 Å². The maximum atomic E-state index is 12.9. The van der Waals surface area contributed by atoms with Crippen molar-refractivity contribution < 1.29 is 13.9 Å². The molecule has 4 rings (SSSR count). The smallest absolute Gasteiger partial charge is 0.223 e. The molecule has 1 aromatic heterocycles. The number of para-hydroxylation sites is 1. The van der Waals surface area contributed by atoms with Crippen molar-refractivity contribution in [2.24, 2.45) is 0 Å². The van der Waals surface area contributed by atoms with E-state index in [0.29, 0.717) is 13.0 Å². The fraction of sp³-hybridized carbons (Fsp3) is 0.421. The van der Waals surface area contributed by atoms with E-state index in [4.69, 9.17) is 9.15 Å². The monoisotopic (exact) mass is 311 g/mol. The average molecular weight is 311 g/mol. The van der Waals surface area contributed by atoms with Crippen LogP contribution in [0.4, 0.5) is 0 Å². The van der Waals surface area contributed by atoms with Crippen LogP contribution in [0, 0.1) is 0 Å². The van der Waals surface area contributed by atoms with Gasteiger partial charge in [-0.25, -0.2) is 0 Å². The number of hydrogen-bond donors (Lipinski definition) is 0. The van der Waals surface area contributed by atoms with E-state index in [1.54, 1.807) is 6.26 Å². The van der Waals surface area contributed by atoms with Gasteiger partial charge in [-0.1, -0.05) is 18.2 Å². The number of nitrogens with zero attached hydrogens (tertiary/aromatic N) is 1. The number of benzene rings is 1. The molecule has 0 aliphatic carbocycles. The summed E-state index contributed by atoms with van der Waals surface area (Å²) in [6, 6.07) is 12.1. The van der Waals surface area contributed by atoms with E-state index in [-0.39, 0.29) is 17.9 Å². The van der Waals surface area contributed by atoms with Gasteiger partial charge in [-0.05, 0) is 48.9 Å². The molecule has 0 spiro atoms. The minimum Gasteiger partial charge on any atom is -0.493 e. The predicted molar refractivity (Wildman–Crippen MR) is 86.3 cm³/mol. The number of likely N-dealkylation sites (tertiary alicyclic amines) is 1. The number of rotatable bonds is 3. The fourth-order valence-electron chi connectivity index (χ4n) is 3.80. The Morgan fingerprint density at radius 3 is 2.96 bits per heavy atom. The van der Waals surface area contributed by atoms with Crippen LogP contribution in [0.1, 0.15) is 49.0 Å². The van der Waals surface area contributed by atoms with Crippen molar-refractivity contribution in [2.75, 3.05) is 13.2 Å². The third kappa shape index (κ3) is 2.74. The summed E-state index contributed by atoms with van der Waals surface area (Å²) < 4.78 is 11.2. The molecule has 23 heavy (non-hydrogen) atoms. The predicted octanol–water partition coefficient (Wildman–Crippen LogP) is 3.90. The Balaban J connectivity index is 1.50. The second kappa shape index (κ2) is 6.11. The zero-order valence-electron chi connectivity index (χ0n) is 13.1. The van der Waals surface area contributed by atoms with Crippen molar-refractivity contribution in [1.29, 1.82) is 0 Å². The molecule has 1 amide bonds. The maximum Gasteiger partial charge on any atom is 0.223 e. The Morgan fingerprint density at radius 2 is 2.09 bits per heavy atom. The highest BCUT2D eigenvalue weighted by Gasteiger charge is 2.33. The number of ether oxygens (including phenoxy) is 1. The molecule has 120 valence electrons. The Hall–Kier alpha value is -2.23. The quantitative estimate of drug-likeness (QED) is 0.863. The average Bonchev–Trinajstić information content (AvgIpc) is 3.26. The summed E-state index contributed by atoms with van der Waals surface area (Å²) in [7, 11) is 0. The van der Waals surface area contributed by atoms with E-state index in [1.165, 1.54) is 5.56 Å². The van der Waals surface area contributed by atoms with E-state index in [1.807, 2.05) is 35.2 Å². The molecule has 2 aliphatic rings. The van der Waals surface area contributed by atoms with Crippen LogP contribution in [0.5, 0.6) is 5.75 Å². The van der Waals surface area contributed by atoms with Crippen molar-refractivity contribution in [3.8, 4) is 5.75 Å². The Labute approximate surface area is 136 Å². The van der Waals surface area contributed by atoms with E-state index < -0.39 is 0 Å². The number of hydrogen-bond acceptors (Lipinski definition) is 3. The van der Waals surface area contributed by atoms with E-state index >= 15 is 0 Å². The summed E-state index contributed by atoms with van der Waals surface area (Å²) in [5.74, 6) is 2.32. The fourth-order valence-corrected chi connectivity index (χ4v) is 3.80. The third-order valence-electron chi connectivity index (χ3n) is 4.95. The minimum absolute atomic E-state index is 0.104. The Morgan fingerprint density at radius 1 is 1.17 bits per heavy atom. The molecular weight excluding hydrogens is 290 g/mol. The van der Waals surface area contributed by atoms with Crippen LogP contribution in [0.25, 0.3) is 0 Å². The Kier molecular flexibility index (Phi) is 3.82. The topological polar surface area (TPSA) is 42.7 Å². The first-order chi connectivity index (χ1) is 11.3. The highest BCUT2D eigenvalue weighted by molar-refractivity contribution is 5.78. The molecule has 0 bridgehead atoms. The van der Waals surface area contributed by atoms with Gasteiger partial charge in [0.1, 0.15) is 11.5 Å². The van der Waals surface area contributed by atoms with Crippen LogP contribution in [-0.4, -0.2) is 24.0 Å². The van der Waals surface area contributed by atoms with Crippen LogP contribution >= 0.6 is 0 Å². The van der Waals surface area contributed by atoms with Gasteiger partial charge in [0.25, 0.3) is 0 Å². The van der Waals surface area contributed by atoms with Gasteiger partial charge in [-0.2, -0.15) is 0 Å². The molecule has 0 N–H and O–H groups in total. The van der Waals surface area contributed by atoms with E-state index in [9.17, 15) is 4.79 Å². The van der Waals surface area contributed by atoms with Crippen LogP contribution < -0.4 is 4.74 Å². The van der Waals surface area contributed by atoms with Gasteiger partial charge in [0.05, 0.1) is 18.9 Å². The summed E-state index contributed by atoms with van der Waals surface area (Å²) in [5, 5.41) is 0. The molecular formula is C19H21NO3. The molecule has 3 heterocycles. The zero-order chi connectivity index (χ0) is 15.6. The molecule has 4 nitrogen and oxygen atoms in total. The number of fused-ring (bicyclic) bond motifs is 1. The van der Waals surface area contributed by atoms with Crippen LogP contribution in [0.2, 0.25) is 0 Å². The molecule has 1 fully saturated rings. The van der Waals surface area contributed by atoms with Crippen LogP contribution in [-0.2, 0) is 4.79 Å². The first-order valence-electron chi connectivity index (χ1n) is 8.37. The van der Waals surface area contributed by atoms with Gasteiger partial charge in [0.15, 0.2) is 0 Å². The van der Waals surface area contributed by atoms with Crippen molar-refractivity contribution >= 4 is 5.91 Å². The maximum absolute atomic E-state index is 12.9. The molecule has 0 unspecified atom stereocenters. The lowest BCUT2D eigenvalue weighted by Gasteiger charge is -2.29. The number of carbonyl (C=O) groups excluding carboxylic acids is 1. The second-order valence-electron chi connectivity index (χ2n) is 6.34. The summed E-state index contributed by atoms with van der Waals surface area (Å²) >= 11 is 0. The molecule has 2 aromatic rings. The highest BCUT2D eigenvalue weighted by atomic mass is 16.5. The lowest BCUT2D eigenvalue weighted by Crippen LogP contribution is -2.32. The largest absolute Gasteiger partial charge is 0.493 e. The lowest BCUT2D eigenvalue weighted by atomic mass is 9.89. The normalized spacial score (nSPS) is 23.4. The number of furan rings is 1. The summed E-state index contributed by atoms with van der Waals surface area (Å²) in [5.41, 5.74) is 1.17. The van der Waals surface area contributed by atoms with Gasteiger partial charge < -0.3 is 14.1 Å². The first-order valence-corrected chi connectivity index (χ1v) is 8.37. The van der Waals surface area contributed by atoms with Gasteiger partial charge in [-0.3, -0.25) is 4.79 Å². The van der Waals surface area contributed by atoms with Crippen molar-refractivity contribution in [3.05, 3.63) is 54.0 Å². The lowest BCUT2D eigenvalue weighted by molar-refractivity contribution is -0.133. The number of amides is 1. The Bertz CT molecular complexity index is 680. The van der Waals surface area contributed by atoms with Crippen molar-refractivity contribution in [3.63, 3.8) is 0 Å². The molecule has 4 heteroatoms. The standard InChI is InChI=1S/C19H21NO3/c21-19(20-10-3-6-16(20)18-8-4-11-22-18)13-14-9-12-23-17-7-2-1-5-15(14)17/h1-2,4-5,7-8,11,14,16H,3,6,9-10,12-13H2/t14-,16-/m0/s1. The summed E-state index contributed by atoms with van der Waals surface area (Å²) in [4.78, 5) is 14.9. The molecule has 0 saturated carbocycles.